The van der Waals surface area contributed by atoms with Gasteiger partial charge in [-0.3, -0.25) is 4.79 Å². The Morgan fingerprint density at radius 2 is 2.14 bits per heavy atom. The third kappa shape index (κ3) is 6.73. The van der Waals surface area contributed by atoms with Gasteiger partial charge in [-0.2, -0.15) is 0 Å². The van der Waals surface area contributed by atoms with Crippen LogP contribution in [0.15, 0.2) is 6.07 Å². The average molecular weight is 329 g/mol. The van der Waals surface area contributed by atoms with E-state index in [4.69, 9.17) is 5.73 Å². The number of aryl methyl sites for hydroxylation is 1. The zero-order valence-corrected chi connectivity index (χ0v) is 13.7. The number of nitrogens with two attached hydrogens (primary N) is 1. The van der Waals surface area contributed by atoms with Gasteiger partial charge in [0.1, 0.15) is 0 Å². The van der Waals surface area contributed by atoms with Crippen LogP contribution in [0.3, 0.4) is 0 Å². The lowest BCUT2D eigenvalue weighted by atomic mass is 10.2. The second-order valence-corrected chi connectivity index (χ2v) is 7.29. The monoisotopic (exact) mass is 329 g/mol. The molecule has 1 heterocycles. The molecule has 4 N–H and O–H groups in total. The number of carbonyl (C=O) groups excluding carboxylic acids is 1. The minimum absolute atomic E-state index is 0.178. The Balaban J connectivity index is 2.46. The highest BCUT2D eigenvalue weighted by atomic mass is 32.2. The van der Waals surface area contributed by atoms with Crippen LogP contribution in [-0.4, -0.2) is 40.2 Å². The van der Waals surface area contributed by atoms with E-state index >= 15 is 0 Å². The minimum Gasteiger partial charge on any atom is -0.351 e. The summed E-state index contributed by atoms with van der Waals surface area (Å²) in [5.41, 5.74) is 6.27. The Bertz CT molecular complexity index is 654. The van der Waals surface area contributed by atoms with Crippen molar-refractivity contribution in [2.75, 3.05) is 25.9 Å². The Morgan fingerprint density at radius 1 is 1.43 bits per heavy atom. The molecule has 0 aliphatic rings. The predicted octanol–water partition coefficient (Wildman–Crippen LogP) is 0.0358. The number of carbonyl (C=O) groups is 1. The highest BCUT2D eigenvalue weighted by molar-refractivity contribution is 7.88. The molecular formula is C13H19N3O3S2. The molecule has 0 radical (unpaired) electrons. The van der Waals surface area contributed by atoms with Crippen LogP contribution in [0.5, 0.6) is 0 Å². The van der Waals surface area contributed by atoms with Gasteiger partial charge >= 0.3 is 0 Å². The summed E-state index contributed by atoms with van der Waals surface area (Å²) < 4.78 is 24.1. The number of thiophene rings is 1. The molecule has 0 saturated heterocycles. The van der Waals surface area contributed by atoms with Crippen LogP contribution < -0.4 is 15.8 Å². The SMILES string of the molecule is Cc1cc(C(=O)NCCCNS(C)(=O)=O)sc1C#CCN. The van der Waals surface area contributed by atoms with Crippen LogP contribution in [-0.2, 0) is 10.0 Å². The maximum Gasteiger partial charge on any atom is 0.261 e. The van der Waals surface area contributed by atoms with Crippen LogP contribution in [0, 0.1) is 18.8 Å². The molecule has 1 aromatic rings. The van der Waals surface area contributed by atoms with Gasteiger partial charge in [0.25, 0.3) is 5.91 Å². The van der Waals surface area contributed by atoms with Gasteiger partial charge in [-0.1, -0.05) is 11.8 Å². The molecule has 0 saturated carbocycles. The number of hydrogen-bond acceptors (Lipinski definition) is 5. The van der Waals surface area contributed by atoms with Gasteiger partial charge in [0, 0.05) is 13.1 Å². The van der Waals surface area contributed by atoms with Crippen LogP contribution in [0.1, 0.15) is 26.5 Å². The summed E-state index contributed by atoms with van der Waals surface area (Å²) in [7, 11) is -3.17. The van der Waals surface area contributed by atoms with Crippen molar-refractivity contribution >= 4 is 27.3 Å². The smallest absolute Gasteiger partial charge is 0.261 e. The Labute approximate surface area is 129 Å². The maximum absolute atomic E-state index is 11.9. The third-order valence-corrected chi connectivity index (χ3v) is 4.33. The second-order valence-electron chi connectivity index (χ2n) is 4.40. The van der Waals surface area contributed by atoms with Crippen LogP contribution in [0.25, 0.3) is 0 Å². The van der Waals surface area contributed by atoms with Gasteiger partial charge < -0.3 is 11.1 Å². The number of sulfonamides is 1. The van der Waals surface area contributed by atoms with E-state index < -0.39 is 10.0 Å². The summed E-state index contributed by atoms with van der Waals surface area (Å²) in [6.45, 7) is 2.88. The molecule has 1 amide bonds. The third-order valence-electron chi connectivity index (χ3n) is 2.45. The molecule has 8 heteroatoms. The fourth-order valence-electron chi connectivity index (χ4n) is 1.48. The first-order valence-corrected chi connectivity index (χ1v) is 9.06. The van der Waals surface area contributed by atoms with Crippen LogP contribution >= 0.6 is 11.3 Å². The standard InChI is InChI=1S/C13H19N3O3S2/c1-10-9-12(20-11(10)5-3-6-14)13(17)15-7-4-8-16-21(2,18)19/h9,16H,4,6-8,14H2,1-2H3,(H,15,17). The Kier molecular flexibility index (Phi) is 6.84. The van der Waals surface area contributed by atoms with E-state index in [1.54, 1.807) is 6.07 Å². The van der Waals surface area contributed by atoms with Gasteiger partial charge in [0.15, 0.2) is 0 Å². The largest absolute Gasteiger partial charge is 0.351 e. The first-order chi connectivity index (χ1) is 9.83. The van der Waals surface area contributed by atoms with E-state index in [1.807, 2.05) is 6.92 Å². The molecule has 0 spiro atoms. The fraction of sp³-hybridized carbons (Fsp3) is 0.462. The first kappa shape index (κ1) is 17.7. The molecule has 0 bridgehead atoms. The van der Waals surface area contributed by atoms with Crippen molar-refractivity contribution in [1.82, 2.24) is 10.0 Å². The van der Waals surface area contributed by atoms with E-state index in [0.29, 0.717) is 24.4 Å². The van der Waals surface area contributed by atoms with Gasteiger partial charge in [-0.15, -0.1) is 11.3 Å². The summed E-state index contributed by atoms with van der Waals surface area (Å²) >= 11 is 1.32. The molecule has 0 fully saturated rings. The number of hydrogen-bond donors (Lipinski definition) is 3. The molecule has 6 nitrogen and oxygen atoms in total. The molecule has 0 aliphatic heterocycles. The fourth-order valence-corrected chi connectivity index (χ4v) is 2.96. The highest BCUT2D eigenvalue weighted by Crippen LogP contribution is 2.20. The van der Waals surface area contributed by atoms with Crippen molar-refractivity contribution < 1.29 is 13.2 Å². The van der Waals surface area contributed by atoms with Crippen molar-refractivity contribution in [3.63, 3.8) is 0 Å². The van der Waals surface area contributed by atoms with E-state index in [2.05, 4.69) is 21.9 Å². The summed E-state index contributed by atoms with van der Waals surface area (Å²) in [5.74, 6) is 5.51. The van der Waals surface area contributed by atoms with Crippen molar-refractivity contribution in [3.8, 4) is 11.8 Å². The molecule has 0 aliphatic carbocycles. The lowest BCUT2D eigenvalue weighted by molar-refractivity contribution is 0.0957. The summed E-state index contributed by atoms with van der Waals surface area (Å²) in [5, 5.41) is 2.75. The first-order valence-electron chi connectivity index (χ1n) is 6.35. The summed E-state index contributed by atoms with van der Waals surface area (Å²) in [4.78, 5) is 13.4. The lowest BCUT2D eigenvalue weighted by Crippen LogP contribution is -2.29. The molecule has 0 atom stereocenters. The maximum atomic E-state index is 11.9. The van der Waals surface area contributed by atoms with Crippen molar-refractivity contribution in [3.05, 3.63) is 21.4 Å². The van der Waals surface area contributed by atoms with Gasteiger partial charge in [-0.25, -0.2) is 13.1 Å². The Hall–Kier alpha value is -1.40. The predicted molar refractivity (Wildman–Crippen MR) is 84.8 cm³/mol. The normalized spacial score (nSPS) is 10.8. The van der Waals surface area contributed by atoms with Gasteiger partial charge in [0.2, 0.25) is 10.0 Å². The topological polar surface area (TPSA) is 101 Å². The molecule has 116 valence electrons. The van der Waals surface area contributed by atoms with Crippen molar-refractivity contribution in [1.29, 1.82) is 0 Å². The summed E-state index contributed by atoms with van der Waals surface area (Å²) in [6.07, 6.45) is 1.63. The summed E-state index contributed by atoms with van der Waals surface area (Å²) in [6, 6.07) is 1.79. The molecular weight excluding hydrogens is 310 g/mol. The van der Waals surface area contributed by atoms with Crippen molar-refractivity contribution in [2.24, 2.45) is 5.73 Å². The van der Waals surface area contributed by atoms with E-state index in [9.17, 15) is 13.2 Å². The molecule has 0 aromatic carbocycles. The lowest BCUT2D eigenvalue weighted by Gasteiger charge is -2.04. The molecule has 21 heavy (non-hydrogen) atoms. The van der Waals surface area contributed by atoms with E-state index in [-0.39, 0.29) is 12.5 Å². The highest BCUT2D eigenvalue weighted by Gasteiger charge is 2.11. The van der Waals surface area contributed by atoms with Crippen LogP contribution in [0.4, 0.5) is 0 Å². The zero-order valence-electron chi connectivity index (χ0n) is 12.0. The number of nitrogens with one attached hydrogen (secondary N) is 2. The molecule has 0 unspecified atom stereocenters. The average Bonchev–Trinajstić information content (AvgIpc) is 2.76. The van der Waals surface area contributed by atoms with E-state index in [1.165, 1.54) is 11.3 Å². The zero-order chi connectivity index (χ0) is 15.9. The van der Waals surface area contributed by atoms with E-state index in [0.717, 1.165) is 16.7 Å². The van der Waals surface area contributed by atoms with Crippen LogP contribution in [0.2, 0.25) is 0 Å². The Morgan fingerprint density at radius 3 is 2.76 bits per heavy atom. The molecule has 1 rings (SSSR count). The minimum atomic E-state index is -3.17. The quantitative estimate of drug-likeness (QED) is 0.506. The number of rotatable bonds is 6. The van der Waals surface area contributed by atoms with Gasteiger partial charge in [-0.05, 0) is 25.0 Å². The van der Waals surface area contributed by atoms with Gasteiger partial charge in [0.05, 0.1) is 22.6 Å². The second kappa shape index (κ2) is 8.14. The molecule has 1 aromatic heterocycles. The number of amides is 1. The van der Waals surface area contributed by atoms with Crippen molar-refractivity contribution in [2.45, 2.75) is 13.3 Å².